The summed E-state index contributed by atoms with van der Waals surface area (Å²) in [4.78, 5) is 102. The van der Waals surface area contributed by atoms with Crippen LogP contribution in [0.1, 0.15) is 92.9 Å². The Morgan fingerprint density at radius 3 is 1.11 bits per heavy atom. The van der Waals surface area contributed by atoms with Crippen LogP contribution in [0.25, 0.3) is 0 Å². The van der Waals surface area contributed by atoms with Gasteiger partial charge in [0.25, 0.3) is 0 Å². The van der Waals surface area contributed by atoms with Crippen molar-refractivity contribution in [3.63, 3.8) is 0 Å². The highest BCUT2D eigenvalue weighted by atomic mass is 28.3. The molecule has 64 heavy (non-hydrogen) atoms. The third kappa shape index (κ3) is 32.4. The molecule has 4 atom stereocenters. The Balaban J connectivity index is 5.69. The van der Waals surface area contributed by atoms with E-state index in [0.29, 0.717) is 38.9 Å². The first kappa shape index (κ1) is 59.7. The summed E-state index contributed by atoms with van der Waals surface area (Å²) in [5, 5.41) is 15.7. The van der Waals surface area contributed by atoms with Crippen molar-refractivity contribution in [3.8, 4) is 0 Å². The number of ether oxygens (including phenoxy) is 4. The predicted octanol–water partition coefficient (Wildman–Crippen LogP) is 2.78. The zero-order valence-corrected chi connectivity index (χ0v) is 42.7. The van der Waals surface area contributed by atoms with Crippen molar-refractivity contribution in [1.29, 1.82) is 0 Å². The highest BCUT2D eigenvalue weighted by molar-refractivity contribution is 6.76. The zero-order valence-electron chi connectivity index (χ0n) is 40.7. The smallest absolute Gasteiger partial charge is 0.407 e. The molecule has 370 valence electrons. The number of nitrogens with one attached hydrogen (secondary N) is 6. The Kier molecular flexibility index (Phi) is 27.3. The van der Waals surface area contributed by atoms with Crippen LogP contribution >= 0.6 is 0 Å². The van der Waals surface area contributed by atoms with E-state index in [2.05, 4.69) is 71.2 Å². The number of unbranched alkanes of at least 4 members (excludes halogenated alkanes) is 2. The number of nitrogens with two attached hydrogens (primary N) is 2. The van der Waals surface area contributed by atoms with Crippen LogP contribution in [-0.4, -0.2) is 139 Å². The molecule has 20 nitrogen and oxygen atoms in total. The Morgan fingerprint density at radius 1 is 0.484 bits per heavy atom. The van der Waals surface area contributed by atoms with Crippen LogP contribution in [0.15, 0.2) is 0 Å². The van der Waals surface area contributed by atoms with Crippen LogP contribution in [0.5, 0.6) is 0 Å². The van der Waals surface area contributed by atoms with E-state index in [0.717, 1.165) is 12.1 Å². The monoisotopic (exact) mass is 947 g/mol. The maximum absolute atomic E-state index is 13.4. The highest BCUT2D eigenvalue weighted by Crippen LogP contribution is 2.11. The molecule has 0 saturated heterocycles. The van der Waals surface area contributed by atoms with Gasteiger partial charge in [-0.25, -0.2) is 9.59 Å². The molecule has 10 N–H and O–H groups in total. The third-order valence-corrected chi connectivity index (χ3v) is 12.3. The summed E-state index contributed by atoms with van der Waals surface area (Å²) in [6.45, 7) is 24.3. The van der Waals surface area contributed by atoms with Gasteiger partial charge in [-0.2, -0.15) is 0 Å². The zero-order chi connectivity index (χ0) is 49.3. The van der Waals surface area contributed by atoms with E-state index in [-0.39, 0.29) is 51.9 Å². The van der Waals surface area contributed by atoms with Gasteiger partial charge in [-0.15, -0.1) is 0 Å². The lowest BCUT2D eigenvalue weighted by Gasteiger charge is -2.25. The number of rotatable bonds is 29. The first-order chi connectivity index (χ1) is 29.4. The highest BCUT2D eigenvalue weighted by Gasteiger charge is 2.33. The maximum atomic E-state index is 13.4. The van der Waals surface area contributed by atoms with Crippen LogP contribution in [0.4, 0.5) is 9.59 Å². The van der Waals surface area contributed by atoms with E-state index in [4.69, 9.17) is 30.4 Å². The number of hydrogen-bond donors (Lipinski definition) is 8. The Morgan fingerprint density at radius 2 is 0.812 bits per heavy atom. The van der Waals surface area contributed by atoms with Gasteiger partial charge in [0.1, 0.15) is 35.4 Å². The van der Waals surface area contributed by atoms with Crippen molar-refractivity contribution < 1.29 is 57.3 Å². The first-order valence-electron chi connectivity index (χ1n) is 22.3. The Hall–Kier alpha value is -4.29. The molecule has 0 aromatic carbocycles. The van der Waals surface area contributed by atoms with Crippen molar-refractivity contribution in [2.75, 3.05) is 39.4 Å². The lowest BCUT2D eigenvalue weighted by molar-refractivity contribution is -0.155. The molecule has 0 aliphatic heterocycles. The molecule has 0 aliphatic carbocycles. The molecule has 0 aromatic heterocycles. The van der Waals surface area contributed by atoms with Gasteiger partial charge >= 0.3 is 24.1 Å². The van der Waals surface area contributed by atoms with Gasteiger partial charge in [-0.05, 0) is 92.2 Å². The quantitative estimate of drug-likeness (QED) is 0.0232. The second kappa shape index (κ2) is 29.3. The van der Waals surface area contributed by atoms with Crippen LogP contribution < -0.4 is 43.4 Å². The second-order valence-electron chi connectivity index (χ2n) is 20.2. The Bertz CT molecular complexity index is 1400. The molecule has 0 aliphatic rings. The number of hydrogen-bond acceptors (Lipinski definition) is 14. The molecule has 0 radical (unpaired) electrons. The van der Waals surface area contributed by atoms with E-state index in [9.17, 15) is 38.4 Å². The molecule has 0 saturated carbocycles. The van der Waals surface area contributed by atoms with Gasteiger partial charge in [-0.3, -0.25) is 28.8 Å². The average molecular weight is 947 g/mol. The largest absolute Gasteiger partial charge is 0.460 e. The molecular weight excluding hydrogens is 865 g/mol. The van der Waals surface area contributed by atoms with Crippen molar-refractivity contribution in [1.82, 2.24) is 31.9 Å². The predicted molar refractivity (Wildman–Crippen MR) is 249 cm³/mol. The van der Waals surface area contributed by atoms with E-state index in [1.807, 2.05) is 0 Å². The molecule has 0 rings (SSSR count). The molecule has 2 unspecified atom stereocenters. The summed E-state index contributed by atoms with van der Waals surface area (Å²) in [6, 6.07) is -4.02. The SMILES string of the molecule is CC(C)(C)OC(=O)CCNC(=O)[C@H](CCCCNC(=O)OCC[Si](C)(C)C)NC(=O)C(N)C(N)C(=O)N[C@@H](CCCCNC(=O)OCC[Si](C)(C)C)C(=O)NCCC(=O)OC(C)(C)C. The fraction of sp³-hybridized carbons (Fsp3) is 0.810. The molecule has 0 spiro atoms. The fourth-order valence-corrected chi connectivity index (χ4v) is 6.77. The minimum absolute atomic E-state index is 0.0843. The van der Waals surface area contributed by atoms with Crippen LogP contribution in [0, 0.1) is 0 Å². The standard InChI is InChI=1S/C42H82N8O12Si2/c1-41(2,3)61-31(51)19-23-45-35(53)29(17-13-15-21-47-39(57)59-25-27-63(7,8)9)49-37(55)33(43)34(44)38(56)50-30(36(54)46-24-20-32(52)62-42(4,5)6)18-14-16-22-48-40(58)60-26-28-64(10,11)12/h29-30,33-34H,13-28,43-44H2,1-12H3,(H,45,53)(H,46,54)(H,47,57)(H,48,58)(H,49,55)(H,50,56)/t29-,30-,33?,34?/m0/s1. The third-order valence-electron chi connectivity index (χ3n) is 8.90. The summed E-state index contributed by atoms with van der Waals surface area (Å²) >= 11 is 0. The van der Waals surface area contributed by atoms with Crippen molar-refractivity contribution in [3.05, 3.63) is 0 Å². The molecule has 0 aromatic rings. The fourth-order valence-electron chi connectivity index (χ4n) is 5.34. The van der Waals surface area contributed by atoms with Gasteiger partial charge in [-0.1, -0.05) is 39.3 Å². The second-order valence-corrected chi connectivity index (χ2v) is 31.4. The van der Waals surface area contributed by atoms with Crippen molar-refractivity contribution in [2.45, 2.75) is 180 Å². The first-order valence-corrected chi connectivity index (χ1v) is 29.7. The van der Waals surface area contributed by atoms with Crippen LogP contribution in [0.2, 0.25) is 51.4 Å². The van der Waals surface area contributed by atoms with Gasteiger partial charge in [0, 0.05) is 42.3 Å². The van der Waals surface area contributed by atoms with E-state index >= 15 is 0 Å². The van der Waals surface area contributed by atoms with Gasteiger partial charge in [0.2, 0.25) is 23.6 Å². The lowest BCUT2D eigenvalue weighted by atomic mass is 10.0. The average Bonchev–Trinajstić information content (AvgIpc) is 3.13. The number of esters is 2. The summed E-state index contributed by atoms with van der Waals surface area (Å²) < 4.78 is 21.1. The summed E-state index contributed by atoms with van der Waals surface area (Å²) in [7, 11) is -2.76. The molecule has 6 amide bonds. The number of carbonyl (C=O) groups excluding carboxylic acids is 8. The summed E-state index contributed by atoms with van der Waals surface area (Å²) in [6.07, 6.45) is 0.410. The van der Waals surface area contributed by atoms with E-state index < -0.39 is 99.3 Å². The van der Waals surface area contributed by atoms with Crippen molar-refractivity contribution in [2.24, 2.45) is 11.5 Å². The van der Waals surface area contributed by atoms with Crippen LogP contribution in [0.3, 0.4) is 0 Å². The molecule has 0 bridgehead atoms. The van der Waals surface area contributed by atoms with E-state index in [1.54, 1.807) is 41.5 Å². The molecule has 0 fully saturated rings. The van der Waals surface area contributed by atoms with Gasteiger partial charge in [0.05, 0.1) is 26.1 Å². The maximum Gasteiger partial charge on any atom is 0.407 e. The normalized spacial score (nSPS) is 13.8. The summed E-state index contributed by atoms with van der Waals surface area (Å²) in [5.41, 5.74) is 10.9. The van der Waals surface area contributed by atoms with E-state index in [1.165, 1.54) is 0 Å². The number of amides is 6. The molecule has 0 heterocycles. The minimum Gasteiger partial charge on any atom is -0.460 e. The number of alkyl carbamates (subject to hydrolysis) is 2. The Labute approximate surface area is 382 Å². The van der Waals surface area contributed by atoms with Gasteiger partial charge in [0.15, 0.2) is 0 Å². The summed E-state index contributed by atoms with van der Waals surface area (Å²) in [5.74, 6) is -4.18. The minimum atomic E-state index is -1.67. The number of carbonyl (C=O) groups is 8. The topological polar surface area (TPSA) is 298 Å². The lowest BCUT2D eigenvalue weighted by Crippen LogP contribution is -2.62. The molecular formula is C42H82N8O12Si2. The molecule has 22 heteroatoms. The van der Waals surface area contributed by atoms with Gasteiger partial charge < -0.3 is 62.3 Å². The van der Waals surface area contributed by atoms with Crippen LogP contribution in [-0.2, 0) is 47.7 Å². The van der Waals surface area contributed by atoms with Crippen molar-refractivity contribution >= 4 is 63.9 Å².